The molecule has 1 amide bonds. The maximum atomic E-state index is 14.5. The number of benzene rings is 1. The molecule has 11 heteroatoms. The van der Waals surface area contributed by atoms with Gasteiger partial charge in [0.05, 0.1) is 29.6 Å². The van der Waals surface area contributed by atoms with Crippen molar-refractivity contribution in [2.24, 2.45) is 0 Å². The first-order valence-corrected chi connectivity index (χ1v) is 9.92. The normalized spacial score (nSPS) is 19.1. The van der Waals surface area contributed by atoms with E-state index in [2.05, 4.69) is 15.2 Å². The summed E-state index contributed by atoms with van der Waals surface area (Å²) in [7, 11) is 0. The molecule has 32 heavy (non-hydrogen) atoms. The van der Waals surface area contributed by atoms with Gasteiger partial charge in [-0.1, -0.05) is 6.07 Å². The number of pyridine rings is 1. The van der Waals surface area contributed by atoms with Crippen LogP contribution in [0.2, 0.25) is 0 Å². The molecule has 168 valence electrons. The van der Waals surface area contributed by atoms with Crippen LogP contribution < -0.4 is 4.74 Å². The van der Waals surface area contributed by atoms with Crippen molar-refractivity contribution >= 4 is 5.91 Å². The number of ether oxygens (including phenoxy) is 1. The van der Waals surface area contributed by atoms with Crippen molar-refractivity contribution in [3.05, 3.63) is 65.9 Å². The lowest BCUT2D eigenvalue weighted by Crippen LogP contribution is -2.51. The van der Waals surface area contributed by atoms with Gasteiger partial charge in [-0.2, -0.15) is 23.4 Å². The van der Waals surface area contributed by atoms with Gasteiger partial charge >= 0.3 is 6.18 Å². The fraction of sp³-hybridized carbons (Fsp3) is 0.333. The Morgan fingerprint density at radius 2 is 1.91 bits per heavy atom. The molecule has 1 saturated heterocycles. The highest BCUT2D eigenvalue weighted by Gasteiger charge is 2.35. The van der Waals surface area contributed by atoms with E-state index in [1.807, 2.05) is 0 Å². The third kappa shape index (κ3) is 4.27. The van der Waals surface area contributed by atoms with E-state index in [9.17, 15) is 22.4 Å². The molecule has 0 spiro atoms. The summed E-state index contributed by atoms with van der Waals surface area (Å²) >= 11 is 0. The minimum absolute atomic E-state index is 0.0383. The Kier molecular flexibility index (Phi) is 5.81. The highest BCUT2D eigenvalue weighted by atomic mass is 19.4. The molecule has 0 bridgehead atoms. The highest BCUT2D eigenvalue weighted by Crippen LogP contribution is 2.30. The first-order chi connectivity index (χ1) is 15.3. The first-order valence-electron chi connectivity index (χ1n) is 9.92. The van der Waals surface area contributed by atoms with Crippen molar-refractivity contribution in [1.82, 2.24) is 24.9 Å². The molecule has 1 aliphatic heterocycles. The molecule has 1 fully saturated rings. The molecule has 1 aliphatic rings. The molecule has 2 aromatic heterocycles. The summed E-state index contributed by atoms with van der Waals surface area (Å²) in [5, 5.41) is 7.86. The van der Waals surface area contributed by atoms with Crippen LogP contribution in [-0.2, 0) is 6.18 Å². The molecule has 2 unspecified atom stereocenters. The fourth-order valence-electron chi connectivity index (χ4n) is 3.70. The molecular weight excluding hydrogens is 430 g/mol. The lowest BCUT2D eigenvalue weighted by molar-refractivity contribution is -0.137. The molecule has 0 saturated carbocycles. The van der Waals surface area contributed by atoms with E-state index >= 15 is 0 Å². The number of rotatable bonds is 4. The van der Waals surface area contributed by atoms with Crippen molar-refractivity contribution in [2.75, 3.05) is 6.54 Å². The summed E-state index contributed by atoms with van der Waals surface area (Å²) in [6, 6.07) is 5.78. The molecule has 7 nitrogen and oxygen atoms in total. The lowest BCUT2D eigenvalue weighted by atomic mass is 9.98. The summed E-state index contributed by atoms with van der Waals surface area (Å²) in [6.45, 7) is 2.19. The SMILES string of the molecule is CC1C(Oc2ccc(C(F)(F)F)cn2)CCCN1C(=O)c1cccc(F)c1-n1nccn1. The zero-order chi connectivity index (χ0) is 22.9. The van der Waals surface area contributed by atoms with Gasteiger partial charge in [0.2, 0.25) is 5.88 Å². The zero-order valence-corrected chi connectivity index (χ0v) is 17.0. The van der Waals surface area contributed by atoms with Gasteiger partial charge < -0.3 is 9.64 Å². The topological polar surface area (TPSA) is 73.1 Å². The Balaban J connectivity index is 1.55. The lowest BCUT2D eigenvalue weighted by Gasteiger charge is -2.39. The molecule has 3 heterocycles. The number of hydrogen-bond acceptors (Lipinski definition) is 5. The highest BCUT2D eigenvalue weighted by molar-refractivity contribution is 5.98. The van der Waals surface area contributed by atoms with Crippen molar-refractivity contribution in [2.45, 2.75) is 38.1 Å². The smallest absolute Gasteiger partial charge is 0.417 e. The molecule has 0 N–H and O–H groups in total. The maximum absolute atomic E-state index is 14.5. The van der Waals surface area contributed by atoms with E-state index < -0.39 is 35.6 Å². The van der Waals surface area contributed by atoms with Crippen LogP contribution in [0.3, 0.4) is 0 Å². The van der Waals surface area contributed by atoms with Gasteiger partial charge in [0.25, 0.3) is 5.91 Å². The van der Waals surface area contributed by atoms with Gasteiger partial charge in [-0.25, -0.2) is 9.37 Å². The Morgan fingerprint density at radius 3 is 2.56 bits per heavy atom. The van der Waals surface area contributed by atoms with E-state index in [0.29, 0.717) is 25.6 Å². The quantitative estimate of drug-likeness (QED) is 0.565. The van der Waals surface area contributed by atoms with E-state index in [4.69, 9.17) is 4.74 Å². The number of aromatic nitrogens is 4. The van der Waals surface area contributed by atoms with Gasteiger partial charge in [0, 0.05) is 18.8 Å². The molecule has 0 radical (unpaired) electrons. The average molecular weight is 449 g/mol. The van der Waals surface area contributed by atoms with Gasteiger partial charge in [-0.15, -0.1) is 4.80 Å². The van der Waals surface area contributed by atoms with Crippen LogP contribution >= 0.6 is 0 Å². The van der Waals surface area contributed by atoms with Crippen molar-refractivity contribution in [3.63, 3.8) is 0 Å². The monoisotopic (exact) mass is 449 g/mol. The van der Waals surface area contributed by atoms with Crippen LogP contribution in [0.5, 0.6) is 5.88 Å². The van der Waals surface area contributed by atoms with Gasteiger partial charge in [0.15, 0.2) is 5.82 Å². The number of likely N-dealkylation sites (tertiary alicyclic amines) is 1. The van der Waals surface area contributed by atoms with Crippen LogP contribution in [0, 0.1) is 5.82 Å². The number of para-hydroxylation sites is 1. The molecule has 0 aliphatic carbocycles. The number of halogens is 4. The fourth-order valence-corrected chi connectivity index (χ4v) is 3.70. The third-order valence-corrected chi connectivity index (χ3v) is 5.35. The van der Waals surface area contributed by atoms with Crippen molar-refractivity contribution in [1.29, 1.82) is 0 Å². The number of nitrogens with zero attached hydrogens (tertiary/aromatic N) is 5. The van der Waals surface area contributed by atoms with E-state index in [0.717, 1.165) is 16.9 Å². The van der Waals surface area contributed by atoms with Crippen LogP contribution in [0.4, 0.5) is 17.6 Å². The van der Waals surface area contributed by atoms with Gasteiger partial charge in [-0.05, 0) is 38.0 Å². The van der Waals surface area contributed by atoms with E-state index in [1.54, 1.807) is 11.8 Å². The summed E-state index contributed by atoms with van der Waals surface area (Å²) in [5.74, 6) is -1.02. The molecular formula is C21H19F4N5O2. The number of carbonyl (C=O) groups is 1. The van der Waals surface area contributed by atoms with E-state index in [1.165, 1.54) is 30.6 Å². The molecule has 4 rings (SSSR count). The van der Waals surface area contributed by atoms with E-state index in [-0.39, 0.29) is 17.1 Å². The van der Waals surface area contributed by atoms with Gasteiger partial charge in [-0.3, -0.25) is 4.79 Å². The predicted molar refractivity (Wildman–Crippen MR) is 105 cm³/mol. The largest absolute Gasteiger partial charge is 0.472 e. The molecule has 3 aromatic rings. The number of amides is 1. The number of hydrogen-bond donors (Lipinski definition) is 0. The van der Waals surface area contributed by atoms with Crippen LogP contribution in [-0.4, -0.2) is 49.5 Å². The summed E-state index contributed by atoms with van der Waals surface area (Å²) < 4.78 is 58.6. The van der Waals surface area contributed by atoms with Gasteiger partial charge in [0.1, 0.15) is 11.8 Å². The molecule has 2 atom stereocenters. The summed E-state index contributed by atoms with van der Waals surface area (Å²) in [4.78, 5) is 19.7. The Morgan fingerprint density at radius 1 is 1.16 bits per heavy atom. The maximum Gasteiger partial charge on any atom is 0.417 e. The Bertz CT molecular complexity index is 1090. The standard InChI is InChI=1S/C21H19F4N5O2/c1-13-17(32-18-8-7-14(12-26-18)21(23,24)25)6-3-11-29(13)20(31)15-4-2-5-16(22)19(15)30-27-9-10-28-30/h2,4-5,7-10,12-13,17H,3,6,11H2,1H3. The van der Waals surface area contributed by atoms with Crippen molar-refractivity contribution in [3.8, 4) is 11.6 Å². The third-order valence-electron chi connectivity index (χ3n) is 5.35. The minimum atomic E-state index is -4.49. The number of alkyl halides is 3. The number of piperidine rings is 1. The second-order valence-electron chi connectivity index (χ2n) is 7.38. The van der Waals surface area contributed by atoms with Crippen LogP contribution in [0.25, 0.3) is 5.69 Å². The Labute approximate surface area is 180 Å². The predicted octanol–water partition coefficient (Wildman–Crippen LogP) is 3.89. The minimum Gasteiger partial charge on any atom is -0.472 e. The molecule has 1 aromatic carbocycles. The number of carbonyl (C=O) groups excluding carboxylic acids is 1. The Hall–Kier alpha value is -3.50. The van der Waals surface area contributed by atoms with Crippen LogP contribution in [0.1, 0.15) is 35.7 Å². The first kappa shape index (κ1) is 21.7. The second-order valence-corrected chi connectivity index (χ2v) is 7.38. The summed E-state index contributed by atoms with van der Waals surface area (Å²) in [5.41, 5.74) is -0.826. The second kappa shape index (κ2) is 8.56. The zero-order valence-electron chi connectivity index (χ0n) is 17.0. The van der Waals surface area contributed by atoms with Crippen LogP contribution in [0.15, 0.2) is 48.9 Å². The van der Waals surface area contributed by atoms with Crippen molar-refractivity contribution < 1.29 is 27.1 Å². The summed E-state index contributed by atoms with van der Waals surface area (Å²) in [6.07, 6.45) is -0.315. The average Bonchev–Trinajstić information content (AvgIpc) is 3.29.